The first kappa shape index (κ1) is 19.3. The van der Waals surface area contributed by atoms with Crippen molar-refractivity contribution in [1.29, 1.82) is 0 Å². The van der Waals surface area contributed by atoms with Crippen LogP contribution >= 0.6 is 11.3 Å². The van der Waals surface area contributed by atoms with E-state index in [9.17, 15) is 0 Å². The molecule has 2 aromatic carbocycles. The van der Waals surface area contributed by atoms with Gasteiger partial charge in [-0.2, -0.15) is 0 Å². The van der Waals surface area contributed by atoms with Gasteiger partial charge in [0.05, 0.1) is 17.2 Å². The van der Waals surface area contributed by atoms with Gasteiger partial charge in [0.1, 0.15) is 11.4 Å². The molecule has 3 heterocycles. The zero-order valence-electron chi connectivity index (χ0n) is 17.9. The van der Waals surface area contributed by atoms with Gasteiger partial charge in [-0.05, 0) is 86.0 Å². The van der Waals surface area contributed by atoms with E-state index in [4.69, 9.17) is 9.84 Å². The molecule has 0 atom stereocenters. The molecule has 160 valence electrons. The summed E-state index contributed by atoms with van der Waals surface area (Å²) in [5.41, 5.74) is 3.97. The normalized spacial score (nSPS) is 14.4. The summed E-state index contributed by atoms with van der Waals surface area (Å²) in [5, 5.41) is 9.51. The number of nitrogens with one attached hydrogen (secondary N) is 1. The van der Waals surface area contributed by atoms with Crippen molar-refractivity contribution < 1.29 is 4.74 Å². The average molecular weight is 441 g/mol. The molecule has 0 bridgehead atoms. The average Bonchev–Trinajstić information content (AvgIpc) is 3.54. The van der Waals surface area contributed by atoms with Crippen molar-refractivity contribution in [2.75, 3.05) is 5.32 Å². The van der Waals surface area contributed by atoms with Crippen molar-refractivity contribution in [3.8, 4) is 16.3 Å². The van der Waals surface area contributed by atoms with Gasteiger partial charge in [-0.3, -0.25) is 0 Å². The fourth-order valence-electron chi connectivity index (χ4n) is 4.41. The maximum absolute atomic E-state index is 6.19. The van der Waals surface area contributed by atoms with Crippen molar-refractivity contribution >= 4 is 38.6 Å². The second kappa shape index (κ2) is 7.95. The van der Waals surface area contributed by atoms with Crippen LogP contribution in [0.3, 0.4) is 0 Å². The first-order valence-electron chi connectivity index (χ1n) is 11.1. The lowest BCUT2D eigenvalue weighted by Crippen LogP contribution is -2.11. The Bertz CT molecular complexity index is 1380. The third-order valence-corrected chi connectivity index (χ3v) is 7.22. The molecule has 0 spiro atoms. The molecule has 1 N–H and O–H groups in total. The number of aryl methyl sites for hydroxylation is 1. The SMILES string of the molecule is Cc1cc(Nc2ccc3ncc(-c4cc5ccccc5s4)n3n2)ccc1OC1CCCC1. The van der Waals surface area contributed by atoms with Crippen LogP contribution < -0.4 is 10.1 Å². The Kier molecular flexibility index (Phi) is 4.80. The fraction of sp³-hybridized carbons (Fsp3) is 0.231. The van der Waals surface area contributed by atoms with Gasteiger partial charge in [0.2, 0.25) is 0 Å². The number of hydrogen-bond donors (Lipinski definition) is 1. The molecule has 0 unspecified atom stereocenters. The van der Waals surface area contributed by atoms with E-state index in [0.29, 0.717) is 6.10 Å². The molecule has 0 saturated heterocycles. The largest absolute Gasteiger partial charge is 0.490 e. The summed E-state index contributed by atoms with van der Waals surface area (Å²) in [4.78, 5) is 5.71. The molecule has 6 heteroatoms. The van der Waals surface area contributed by atoms with Crippen molar-refractivity contribution in [3.63, 3.8) is 0 Å². The summed E-state index contributed by atoms with van der Waals surface area (Å²) >= 11 is 1.76. The van der Waals surface area contributed by atoms with Crippen molar-refractivity contribution in [3.05, 3.63) is 72.4 Å². The summed E-state index contributed by atoms with van der Waals surface area (Å²) < 4.78 is 9.37. The Labute approximate surface area is 190 Å². The second-order valence-electron chi connectivity index (χ2n) is 8.41. The number of rotatable bonds is 5. The van der Waals surface area contributed by atoms with E-state index in [2.05, 4.69) is 65.8 Å². The van der Waals surface area contributed by atoms with Crippen molar-refractivity contribution in [1.82, 2.24) is 14.6 Å². The molecule has 0 radical (unpaired) electrons. The Morgan fingerprint density at radius 2 is 1.91 bits per heavy atom. The number of fused-ring (bicyclic) bond motifs is 2. The van der Waals surface area contributed by atoms with E-state index in [1.54, 1.807) is 11.3 Å². The van der Waals surface area contributed by atoms with Gasteiger partial charge in [-0.15, -0.1) is 16.4 Å². The highest BCUT2D eigenvalue weighted by Gasteiger charge is 2.17. The summed E-state index contributed by atoms with van der Waals surface area (Å²) in [6.07, 6.45) is 7.14. The number of anilines is 2. The van der Waals surface area contributed by atoms with Crippen LogP contribution in [-0.2, 0) is 0 Å². The Hall–Kier alpha value is -3.38. The lowest BCUT2D eigenvalue weighted by Gasteiger charge is -2.16. The Balaban J connectivity index is 1.28. The molecule has 3 aromatic heterocycles. The topological polar surface area (TPSA) is 51.5 Å². The molecule has 5 nitrogen and oxygen atoms in total. The Morgan fingerprint density at radius 1 is 1.03 bits per heavy atom. The molecular formula is C26H24N4OS. The minimum absolute atomic E-state index is 0.366. The lowest BCUT2D eigenvalue weighted by atomic mass is 10.2. The van der Waals surface area contributed by atoms with Gasteiger partial charge in [-0.1, -0.05) is 18.2 Å². The predicted octanol–water partition coefficient (Wildman–Crippen LogP) is 6.98. The van der Waals surface area contributed by atoms with Crippen LogP contribution in [0.2, 0.25) is 0 Å². The zero-order chi connectivity index (χ0) is 21.5. The molecule has 1 aliphatic rings. The minimum atomic E-state index is 0.366. The quantitative estimate of drug-likeness (QED) is 0.320. The number of ether oxygens (including phenoxy) is 1. The van der Waals surface area contributed by atoms with Crippen LogP contribution in [0.5, 0.6) is 5.75 Å². The van der Waals surface area contributed by atoms with Crippen LogP contribution in [0.15, 0.2) is 66.9 Å². The summed E-state index contributed by atoms with van der Waals surface area (Å²) in [7, 11) is 0. The number of imidazole rings is 1. The monoisotopic (exact) mass is 440 g/mol. The number of aromatic nitrogens is 3. The Morgan fingerprint density at radius 3 is 2.75 bits per heavy atom. The van der Waals surface area contributed by atoms with E-state index in [0.717, 1.165) is 51.9 Å². The van der Waals surface area contributed by atoms with Crippen molar-refractivity contribution in [2.24, 2.45) is 0 Å². The molecule has 1 saturated carbocycles. The van der Waals surface area contributed by atoms with Gasteiger partial charge in [0.25, 0.3) is 0 Å². The van der Waals surface area contributed by atoms with E-state index < -0.39 is 0 Å². The number of nitrogens with zero attached hydrogens (tertiary/aromatic N) is 3. The minimum Gasteiger partial charge on any atom is -0.490 e. The smallest absolute Gasteiger partial charge is 0.154 e. The highest BCUT2D eigenvalue weighted by Crippen LogP contribution is 2.34. The number of benzene rings is 2. The molecule has 32 heavy (non-hydrogen) atoms. The van der Waals surface area contributed by atoms with Gasteiger partial charge >= 0.3 is 0 Å². The van der Waals surface area contributed by atoms with Gasteiger partial charge in [0.15, 0.2) is 11.5 Å². The fourth-order valence-corrected chi connectivity index (χ4v) is 5.47. The highest BCUT2D eigenvalue weighted by molar-refractivity contribution is 7.22. The lowest BCUT2D eigenvalue weighted by molar-refractivity contribution is 0.208. The molecule has 0 aliphatic heterocycles. The van der Waals surface area contributed by atoms with E-state index in [1.807, 2.05) is 22.8 Å². The molecule has 5 aromatic rings. The predicted molar refractivity (Wildman–Crippen MR) is 131 cm³/mol. The van der Waals surface area contributed by atoms with Crippen molar-refractivity contribution in [2.45, 2.75) is 38.7 Å². The van der Waals surface area contributed by atoms with Crippen LogP contribution in [0, 0.1) is 6.92 Å². The summed E-state index contributed by atoms with van der Waals surface area (Å²) in [6, 6.07) is 20.8. The molecule has 6 rings (SSSR count). The summed E-state index contributed by atoms with van der Waals surface area (Å²) in [5.74, 6) is 1.76. The third kappa shape index (κ3) is 3.60. The molecule has 1 fully saturated rings. The summed E-state index contributed by atoms with van der Waals surface area (Å²) in [6.45, 7) is 2.10. The molecule has 0 amide bonds. The molecular weight excluding hydrogens is 416 g/mol. The van der Waals surface area contributed by atoms with Gasteiger partial charge < -0.3 is 10.1 Å². The van der Waals surface area contributed by atoms with E-state index >= 15 is 0 Å². The van der Waals surface area contributed by atoms with Gasteiger partial charge in [0, 0.05) is 10.4 Å². The first-order chi connectivity index (χ1) is 15.7. The van der Waals surface area contributed by atoms with Crippen LogP contribution in [0.25, 0.3) is 26.3 Å². The standard InChI is InChI=1S/C26H24N4OS/c1-17-14-19(10-11-22(17)31-20-7-3-4-8-20)28-25-12-13-26-27-16-21(30(26)29-25)24-15-18-6-2-5-9-23(18)32-24/h2,5-6,9-16,20H,3-4,7-8H2,1H3,(H,28,29). The van der Waals surface area contributed by atoms with Crippen LogP contribution in [-0.4, -0.2) is 20.7 Å². The second-order valence-corrected chi connectivity index (χ2v) is 9.49. The zero-order valence-corrected chi connectivity index (χ0v) is 18.7. The maximum atomic E-state index is 6.19. The highest BCUT2D eigenvalue weighted by atomic mass is 32.1. The van der Waals surface area contributed by atoms with Gasteiger partial charge in [-0.25, -0.2) is 9.50 Å². The number of hydrogen-bond acceptors (Lipinski definition) is 5. The first-order valence-corrected chi connectivity index (χ1v) is 11.9. The van der Waals surface area contributed by atoms with Crippen LogP contribution in [0.4, 0.5) is 11.5 Å². The molecule has 1 aliphatic carbocycles. The number of thiophene rings is 1. The third-order valence-electron chi connectivity index (χ3n) is 6.08. The van der Waals surface area contributed by atoms with E-state index in [1.165, 1.54) is 22.9 Å². The van der Waals surface area contributed by atoms with Crippen LogP contribution in [0.1, 0.15) is 31.2 Å². The maximum Gasteiger partial charge on any atom is 0.154 e. The van der Waals surface area contributed by atoms with E-state index in [-0.39, 0.29) is 0 Å².